The first kappa shape index (κ1) is 15.8. The molecule has 4 unspecified atom stereocenters. The molecule has 2 rings (SSSR count). The Hall–Kier alpha value is -0.610. The van der Waals surface area contributed by atoms with Gasteiger partial charge in [0.2, 0.25) is 5.91 Å². The lowest BCUT2D eigenvalue weighted by Crippen LogP contribution is -2.43. The Morgan fingerprint density at radius 2 is 2.05 bits per heavy atom. The van der Waals surface area contributed by atoms with Gasteiger partial charge in [0.25, 0.3) is 0 Å². The van der Waals surface area contributed by atoms with E-state index in [2.05, 4.69) is 43.2 Å². The average molecular weight is 281 g/mol. The van der Waals surface area contributed by atoms with Crippen molar-refractivity contribution in [2.75, 3.05) is 26.2 Å². The highest BCUT2D eigenvalue weighted by Gasteiger charge is 2.42. The van der Waals surface area contributed by atoms with Crippen molar-refractivity contribution in [1.29, 1.82) is 0 Å². The summed E-state index contributed by atoms with van der Waals surface area (Å²) in [5, 5.41) is 6.61. The zero-order valence-electron chi connectivity index (χ0n) is 13.5. The summed E-state index contributed by atoms with van der Waals surface area (Å²) >= 11 is 0. The Balaban J connectivity index is 1.72. The highest BCUT2D eigenvalue weighted by molar-refractivity contribution is 5.78. The van der Waals surface area contributed by atoms with Crippen LogP contribution in [0.3, 0.4) is 0 Å². The van der Waals surface area contributed by atoms with Gasteiger partial charge in [0.1, 0.15) is 0 Å². The maximum atomic E-state index is 12.2. The number of nitrogens with one attached hydrogen (secondary N) is 2. The predicted molar refractivity (Wildman–Crippen MR) is 82.6 cm³/mol. The second-order valence-electron chi connectivity index (χ2n) is 7.19. The van der Waals surface area contributed by atoms with Crippen LogP contribution in [0.4, 0.5) is 0 Å². The minimum atomic E-state index is 0.195. The van der Waals surface area contributed by atoms with Crippen LogP contribution < -0.4 is 10.6 Å². The zero-order valence-corrected chi connectivity index (χ0v) is 13.5. The Bertz CT molecular complexity index is 332. The number of amides is 1. The van der Waals surface area contributed by atoms with Gasteiger partial charge in [-0.2, -0.15) is 0 Å². The van der Waals surface area contributed by atoms with Crippen molar-refractivity contribution in [3.8, 4) is 0 Å². The van der Waals surface area contributed by atoms with Gasteiger partial charge in [-0.1, -0.05) is 13.8 Å². The fourth-order valence-electron chi connectivity index (χ4n) is 3.63. The van der Waals surface area contributed by atoms with E-state index in [1.165, 1.54) is 6.42 Å². The molecule has 1 amide bonds. The number of nitrogens with zero attached hydrogens (tertiary/aromatic N) is 1. The number of hydrogen-bond acceptors (Lipinski definition) is 3. The van der Waals surface area contributed by atoms with E-state index < -0.39 is 0 Å². The predicted octanol–water partition coefficient (Wildman–Crippen LogP) is 1.47. The molecule has 0 aliphatic carbocycles. The molecular weight excluding hydrogens is 250 g/mol. The molecule has 2 aliphatic heterocycles. The highest BCUT2D eigenvalue weighted by atomic mass is 16.2. The molecule has 0 saturated carbocycles. The van der Waals surface area contributed by atoms with Gasteiger partial charge in [-0.3, -0.25) is 9.69 Å². The summed E-state index contributed by atoms with van der Waals surface area (Å²) in [6.07, 6.45) is 2.26. The second kappa shape index (κ2) is 6.90. The van der Waals surface area contributed by atoms with Crippen molar-refractivity contribution in [3.05, 3.63) is 0 Å². The summed E-state index contributed by atoms with van der Waals surface area (Å²) in [6.45, 7) is 12.7. The van der Waals surface area contributed by atoms with E-state index in [-0.39, 0.29) is 5.91 Å². The molecule has 20 heavy (non-hydrogen) atoms. The summed E-state index contributed by atoms with van der Waals surface area (Å²) in [5.74, 6) is 2.39. The molecule has 2 saturated heterocycles. The van der Waals surface area contributed by atoms with Gasteiger partial charge < -0.3 is 10.6 Å². The molecule has 0 aromatic rings. The Kier molecular flexibility index (Phi) is 5.44. The number of carbonyl (C=O) groups excluding carboxylic acids is 1. The third-order valence-electron chi connectivity index (χ3n) is 4.99. The van der Waals surface area contributed by atoms with Crippen molar-refractivity contribution in [3.63, 3.8) is 0 Å². The van der Waals surface area contributed by atoms with Gasteiger partial charge in [-0.05, 0) is 57.5 Å². The van der Waals surface area contributed by atoms with Crippen LogP contribution in [0.15, 0.2) is 0 Å². The van der Waals surface area contributed by atoms with Crippen LogP contribution in [0.2, 0.25) is 0 Å². The molecule has 2 N–H and O–H groups in total. The minimum absolute atomic E-state index is 0.195. The molecule has 0 radical (unpaired) electrons. The number of fused-ring (bicyclic) bond motifs is 1. The SMILES string of the molecule is CC(C)CCC(C)NC(=O)CN1CC2CNCC2C1C. The van der Waals surface area contributed by atoms with E-state index in [1.807, 2.05) is 0 Å². The monoisotopic (exact) mass is 281 g/mol. The first-order valence-electron chi connectivity index (χ1n) is 8.21. The number of likely N-dealkylation sites (tertiary alicyclic amines) is 1. The van der Waals surface area contributed by atoms with Crippen LogP contribution in [-0.2, 0) is 4.79 Å². The largest absolute Gasteiger partial charge is 0.353 e. The second-order valence-corrected chi connectivity index (χ2v) is 7.19. The lowest BCUT2D eigenvalue weighted by Gasteiger charge is -2.24. The summed E-state index contributed by atoms with van der Waals surface area (Å²) in [7, 11) is 0. The van der Waals surface area contributed by atoms with Gasteiger partial charge in [0.15, 0.2) is 0 Å². The van der Waals surface area contributed by atoms with E-state index in [0.717, 1.165) is 37.9 Å². The molecule has 2 aliphatic rings. The van der Waals surface area contributed by atoms with Crippen molar-refractivity contribution in [1.82, 2.24) is 15.5 Å². The van der Waals surface area contributed by atoms with Crippen molar-refractivity contribution in [2.24, 2.45) is 17.8 Å². The maximum absolute atomic E-state index is 12.2. The van der Waals surface area contributed by atoms with E-state index in [0.29, 0.717) is 24.5 Å². The molecule has 4 atom stereocenters. The van der Waals surface area contributed by atoms with Crippen LogP contribution in [0, 0.1) is 17.8 Å². The van der Waals surface area contributed by atoms with E-state index in [1.54, 1.807) is 0 Å². The van der Waals surface area contributed by atoms with Crippen LogP contribution in [0.1, 0.15) is 40.5 Å². The minimum Gasteiger partial charge on any atom is -0.353 e. The standard InChI is InChI=1S/C16H31N3O/c1-11(2)5-6-12(3)18-16(20)10-19-9-14-7-17-8-15(14)13(19)4/h11-15,17H,5-10H2,1-4H3,(H,18,20). The molecule has 0 aromatic heterocycles. The number of hydrogen-bond donors (Lipinski definition) is 2. The lowest BCUT2D eigenvalue weighted by atomic mass is 9.95. The zero-order chi connectivity index (χ0) is 14.7. The molecule has 116 valence electrons. The summed E-state index contributed by atoms with van der Waals surface area (Å²) in [6, 6.07) is 0.829. The van der Waals surface area contributed by atoms with Crippen LogP contribution >= 0.6 is 0 Å². The van der Waals surface area contributed by atoms with Crippen molar-refractivity contribution < 1.29 is 4.79 Å². The molecule has 0 aromatic carbocycles. The molecular formula is C16H31N3O. The van der Waals surface area contributed by atoms with Gasteiger partial charge in [0.05, 0.1) is 6.54 Å². The first-order chi connectivity index (χ1) is 9.47. The van der Waals surface area contributed by atoms with Crippen molar-refractivity contribution in [2.45, 2.75) is 52.6 Å². The molecule has 4 heteroatoms. The Morgan fingerprint density at radius 1 is 1.30 bits per heavy atom. The van der Waals surface area contributed by atoms with E-state index in [4.69, 9.17) is 0 Å². The molecule has 4 nitrogen and oxygen atoms in total. The normalized spacial score (nSPS) is 31.6. The first-order valence-corrected chi connectivity index (χ1v) is 8.21. The summed E-state index contributed by atoms with van der Waals surface area (Å²) in [5.41, 5.74) is 0. The quantitative estimate of drug-likeness (QED) is 0.775. The third-order valence-corrected chi connectivity index (χ3v) is 4.99. The fourth-order valence-corrected chi connectivity index (χ4v) is 3.63. The van der Waals surface area contributed by atoms with Gasteiger partial charge >= 0.3 is 0 Å². The van der Waals surface area contributed by atoms with Crippen LogP contribution in [-0.4, -0.2) is 49.1 Å². The summed E-state index contributed by atoms with van der Waals surface area (Å²) < 4.78 is 0. The van der Waals surface area contributed by atoms with E-state index >= 15 is 0 Å². The smallest absolute Gasteiger partial charge is 0.234 e. The molecule has 2 heterocycles. The topological polar surface area (TPSA) is 44.4 Å². The average Bonchev–Trinajstić information content (AvgIpc) is 2.92. The molecule has 0 spiro atoms. The highest BCUT2D eigenvalue weighted by Crippen LogP contribution is 2.31. The third kappa shape index (κ3) is 3.95. The van der Waals surface area contributed by atoms with Crippen LogP contribution in [0.25, 0.3) is 0 Å². The van der Waals surface area contributed by atoms with E-state index in [9.17, 15) is 4.79 Å². The van der Waals surface area contributed by atoms with Gasteiger partial charge in [-0.15, -0.1) is 0 Å². The lowest BCUT2D eigenvalue weighted by molar-refractivity contribution is -0.123. The van der Waals surface area contributed by atoms with Gasteiger partial charge in [-0.25, -0.2) is 0 Å². The maximum Gasteiger partial charge on any atom is 0.234 e. The van der Waals surface area contributed by atoms with Crippen molar-refractivity contribution >= 4 is 5.91 Å². The fraction of sp³-hybridized carbons (Fsp3) is 0.938. The van der Waals surface area contributed by atoms with Gasteiger partial charge in [0, 0.05) is 18.6 Å². The summed E-state index contributed by atoms with van der Waals surface area (Å²) in [4.78, 5) is 14.5. The Labute approximate surface area is 123 Å². The molecule has 0 bridgehead atoms. The van der Waals surface area contributed by atoms with Crippen LogP contribution in [0.5, 0.6) is 0 Å². The molecule has 2 fully saturated rings. The Morgan fingerprint density at radius 3 is 2.70 bits per heavy atom. The number of rotatable bonds is 6. The number of carbonyl (C=O) groups is 1.